The highest BCUT2D eigenvalue weighted by molar-refractivity contribution is 6.30. The summed E-state index contributed by atoms with van der Waals surface area (Å²) in [6.45, 7) is 6.88. The molecule has 32 heavy (non-hydrogen) atoms. The van der Waals surface area contributed by atoms with Gasteiger partial charge in [0.15, 0.2) is 6.10 Å². The maximum Gasteiger partial charge on any atom is 0.574 e. The Balaban J connectivity index is 2.33. The Labute approximate surface area is 187 Å². The fourth-order valence-electron chi connectivity index (χ4n) is 3.43. The zero-order chi connectivity index (χ0) is 23.8. The molecule has 0 amide bonds. The van der Waals surface area contributed by atoms with E-state index in [4.69, 9.17) is 16.3 Å². The number of alkyl halides is 3. The number of carbonyl (C=O) groups is 1. The van der Waals surface area contributed by atoms with Crippen LogP contribution in [0.5, 0.6) is 5.88 Å². The fraction of sp³-hybridized carbons (Fsp3) is 0.304. The molecule has 2 aromatic carbocycles. The summed E-state index contributed by atoms with van der Waals surface area (Å²) in [5.74, 6) is -1.80. The summed E-state index contributed by atoms with van der Waals surface area (Å²) in [6.07, 6.45) is -6.21. The molecule has 0 radical (unpaired) electrons. The number of carboxylic acids is 1. The monoisotopic (exact) mass is 467 g/mol. The van der Waals surface area contributed by atoms with Gasteiger partial charge >= 0.3 is 12.3 Å². The number of hydrogen-bond donors (Lipinski definition) is 1. The Morgan fingerprint density at radius 2 is 1.72 bits per heavy atom. The second-order valence-corrected chi connectivity index (χ2v) is 8.64. The van der Waals surface area contributed by atoms with Gasteiger partial charge in [0.05, 0.1) is 11.1 Å². The highest BCUT2D eigenvalue weighted by Crippen LogP contribution is 2.41. The molecule has 0 saturated heterocycles. The molecule has 0 fully saturated rings. The van der Waals surface area contributed by atoms with E-state index in [1.165, 1.54) is 12.1 Å². The summed E-state index contributed by atoms with van der Waals surface area (Å²) in [5.41, 5.74) is 1.43. The van der Waals surface area contributed by atoms with Gasteiger partial charge in [-0.1, -0.05) is 23.7 Å². The van der Waals surface area contributed by atoms with Gasteiger partial charge in [-0.2, -0.15) is 0 Å². The highest BCUT2D eigenvalue weighted by atomic mass is 35.5. The Kier molecular flexibility index (Phi) is 6.40. The Bertz CT molecular complexity index is 1160. The third-order valence-electron chi connectivity index (χ3n) is 4.53. The molecule has 9 heteroatoms. The van der Waals surface area contributed by atoms with Crippen LogP contribution in [0, 0.1) is 6.92 Å². The quantitative estimate of drug-likeness (QED) is 0.452. The number of halogens is 4. The van der Waals surface area contributed by atoms with Crippen LogP contribution in [0.2, 0.25) is 5.02 Å². The van der Waals surface area contributed by atoms with E-state index < -0.39 is 29.9 Å². The third-order valence-corrected chi connectivity index (χ3v) is 4.78. The summed E-state index contributed by atoms with van der Waals surface area (Å²) >= 11 is 6.02. The first kappa shape index (κ1) is 23.8. The molecule has 0 saturated carbocycles. The molecule has 0 aliphatic carbocycles. The number of carboxylic acid groups (broad SMARTS) is 1. The molecule has 3 aromatic rings. The van der Waals surface area contributed by atoms with Crippen molar-refractivity contribution >= 4 is 28.5 Å². The van der Waals surface area contributed by atoms with E-state index in [0.29, 0.717) is 32.7 Å². The molecule has 0 unspecified atom stereocenters. The van der Waals surface area contributed by atoms with E-state index in [0.717, 1.165) is 6.07 Å². The van der Waals surface area contributed by atoms with Crippen molar-refractivity contribution in [1.82, 2.24) is 4.98 Å². The molecule has 1 N–H and O–H groups in total. The highest BCUT2D eigenvalue weighted by Gasteiger charge is 2.33. The summed E-state index contributed by atoms with van der Waals surface area (Å²) in [5, 5.41) is 10.9. The van der Waals surface area contributed by atoms with Crippen LogP contribution in [-0.2, 0) is 9.53 Å². The lowest BCUT2D eigenvalue weighted by molar-refractivity contribution is -0.276. The van der Waals surface area contributed by atoms with Gasteiger partial charge in [0.25, 0.3) is 0 Å². The van der Waals surface area contributed by atoms with Crippen LogP contribution in [0.3, 0.4) is 0 Å². The number of aryl methyl sites for hydroxylation is 1. The Hall–Kier alpha value is -2.84. The SMILES string of the molecule is Cc1cc2nc(OC(F)(F)F)ccc2c(-c2ccc(Cl)cc2)c1[C@H](OC(C)(C)C)C(=O)O. The number of hydrogen-bond acceptors (Lipinski definition) is 4. The molecule has 1 atom stereocenters. The van der Waals surface area contributed by atoms with E-state index in [1.54, 1.807) is 52.0 Å². The van der Waals surface area contributed by atoms with Crippen molar-refractivity contribution in [2.24, 2.45) is 0 Å². The Morgan fingerprint density at radius 1 is 1.09 bits per heavy atom. The zero-order valence-electron chi connectivity index (χ0n) is 17.7. The zero-order valence-corrected chi connectivity index (χ0v) is 18.5. The smallest absolute Gasteiger partial charge is 0.479 e. The minimum Gasteiger partial charge on any atom is -0.479 e. The lowest BCUT2D eigenvalue weighted by Gasteiger charge is -2.28. The van der Waals surface area contributed by atoms with E-state index in [9.17, 15) is 23.1 Å². The summed E-state index contributed by atoms with van der Waals surface area (Å²) < 4.78 is 47.8. The van der Waals surface area contributed by atoms with Crippen molar-refractivity contribution in [2.75, 3.05) is 0 Å². The van der Waals surface area contributed by atoms with Crippen LogP contribution >= 0.6 is 11.6 Å². The van der Waals surface area contributed by atoms with Crippen molar-refractivity contribution in [2.45, 2.75) is 45.8 Å². The van der Waals surface area contributed by atoms with Gasteiger partial charge < -0.3 is 14.6 Å². The number of rotatable bonds is 5. The van der Waals surface area contributed by atoms with Crippen molar-refractivity contribution in [3.8, 4) is 17.0 Å². The number of ether oxygens (including phenoxy) is 2. The van der Waals surface area contributed by atoms with Crippen molar-refractivity contribution in [3.05, 3.63) is 58.6 Å². The second kappa shape index (κ2) is 8.60. The summed E-state index contributed by atoms with van der Waals surface area (Å²) in [4.78, 5) is 16.2. The van der Waals surface area contributed by atoms with Gasteiger partial charge in [0.1, 0.15) is 0 Å². The first-order valence-electron chi connectivity index (χ1n) is 9.62. The number of benzene rings is 2. The topological polar surface area (TPSA) is 68.7 Å². The molecule has 170 valence electrons. The fourth-order valence-corrected chi connectivity index (χ4v) is 3.56. The number of aliphatic carboxylic acids is 1. The lowest BCUT2D eigenvalue weighted by atomic mass is 9.88. The van der Waals surface area contributed by atoms with Crippen molar-refractivity contribution in [3.63, 3.8) is 0 Å². The second-order valence-electron chi connectivity index (χ2n) is 8.20. The molecule has 1 aromatic heterocycles. The van der Waals surface area contributed by atoms with Gasteiger partial charge in [0, 0.05) is 22.0 Å². The molecule has 5 nitrogen and oxygen atoms in total. The standard InChI is InChI=1S/C23H21ClF3NO4/c1-12-11-16-15(9-10-17(28-16)31-23(25,26)27)19(13-5-7-14(24)8-6-13)18(12)20(21(29)30)32-22(2,3)4/h5-11,20H,1-4H3,(H,29,30)/t20-/m0/s1. The lowest BCUT2D eigenvalue weighted by Crippen LogP contribution is -2.28. The van der Waals surface area contributed by atoms with E-state index in [2.05, 4.69) is 9.72 Å². The van der Waals surface area contributed by atoms with Crippen molar-refractivity contribution in [1.29, 1.82) is 0 Å². The van der Waals surface area contributed by atoms with Crippen LogP contribution in [0.1, 0.15) is 38.0 Å². The maximum atomic E-state index is 12.7. The number of nitrogens with zero attached hydrogens (tertiary/aromatic N) is 1. The van der Waals surface area contributed by atoms with Crippen LogP contribution in [0.25, 0.3) is 22.0 Å². The molecule has 1 heterocycles. The van der Waals surface area contributed by atoms with E-state index >= 15 is 0 Å². The number of aromatic nitrogens is 1. The molecular formula is C23H21ClF3NO4. The van der Waals surface area contributed by atoms with Crippen LogP contribution in [0.15, 0.2) is 42.5 Å². The van der Waals surface area contributed by atoms with Gasteiger partial charge in [-0.25, -0.2) is 9.78 Å². The van der Waals surface area contributed by atoms with E-state index in [1.807, 2.05) is 0 Å². The molecule has 3 rings (SSSR count). The first-order valence-corrected chi connectivity index (χ1v) is 9.99. The van der Waals surface area contributed by atoms with Crippen LogP contribution < -0.4 is 4.74 Å². The van der Waals surface area contributed by atoms with Crippen LogP contribution in [0.4, 0.5) is 13.2 Å². The van der Waals surface area contributed by atoms with Crippen LogP contribution in [-0.4, -0.2) is 28.0 Å². The normalized spacial score (nSPS) is 13.2. The third kappa shape index (κ3) is 5.49. The van der Waals surface area contributed by atoms with Gasteiger partial charge in [-0.15, -0.1) is 13.2 Å². The largest absolute Gasteiger partial charge is 0.574 e. The molecule has 0 bridgehead atoms. The molecular weight excluding hydrogens is 447 g/mol. The molecule has 0 aliphatic heterocycles. The average Bonchev–Trinajstić information content (AvgIpc) is 2.64. The summed E-state index contributed by atoms with van der Waals surface area (Å²) in [7, 11) is 0. The maximum absolute atomic E-state index is 12.7. The predicted molar refractivity (Wildman–Crippen MR) is 115 cm³/mol. The van der Waals surface area contributed by atoms with E-state index in [-0.39, 0.29) is 5.52 Å². The molecule has 0 aliphatic rings. The van der Waals surface area contributed by atoms with Gasteiger partial charge in [0.2, 0.25) is 5.88 Å². The number of pyridine rings is 1. The average molecular weight is 468 g/mol. The van der Waals surface area contributed by atoms with Gasteiger partial charge in [-0.05, 0) is 68.7 Å². The minimum absolute atomic E-state index is 0.220. The molecule has 0 spiro atoms. The summed E-state index contributed by atoms with van der Waals surface area (Å²) in [6, 6.07) is 10.7. The minimum atomic E-state index is -4.89. The predicted octanol–water partition coefficient (Wildman–Crippen LogP) is 6.70. The number of fused-ring (bicyclic) bond motifs is 1. The van der Waals surface area contributed by atoms with Crippen molar-refractivity contribution < 1.29 is 32.5 Å². The first-order chi connectivity index (χ1) is 14.7. The Morgan fingerprint density at radius 3 is 2.25 bits per heavy atom. The van der Waals surface area contributed by atoms with Gasteiger partial charge in [-0.3, -0.25) is 0 Å².